The molecule has 2 N–H and O–H groups in total. The predicted molar refractivity (Wildman–Crippen MR) is 61.4 cm³/mol. The highest BCUT2D eigenvalue weighted by Gasteiger charge is 2.24. The normalized spacial score (nSPS) is 12.7. The average Bonchev–Trinajstić information content (AvgIpc) is 2.46. The zero-order valence-electron chi connectivity index (χ0n) is 9.14. The summed E-state index contributed by atoms with van der Waals surface area (Å²) in [7, 11) is -3.63. The second-order valence-electron chi connectivity index (χ2n) is 4.32. The third-order valence-corrected chi connectivity index (χ3v) is 4.73. The largest absolute Gasteiger partial charge is 0.478 e. The molecule has 1 aromatic heterocycles. The minimum absolute atomic E-state index is 0.0137. The van der Waals surface area contributed by atoms with Crippen LogP contribution in [-0.2, 0) is 10.0 Å². The van der Waals surface area contributed by atoms with Crippen molar-refractivity contribution >= 4 is 27.3 Å². The van der Waals surface area contributed by atoms with E-state index in [1.54, 1.807) is 20.8 Å². The smallest absolute Gasteiger partial charge is 0.336 e. The van der Waals surface area contributed by atoms with E-state index in [-0.39, 0.29) is 9.77 Å². The molecule has 0 aromatic carbocycles. The van der Waals surface area contributed by atoms with Crippen molar-refractivity contribution < 1.29 is 18.3 Å². The number of carboxylic acid groups (broad SMARTS) is 1. The minimum Gasteiger partial charge on any atom is -0.478 e. The number of hydrogen-bond donors (Lipinski definition) is 2. The van der Waals surface area contributed by atoms with Crippen LogP contribution in [0.5, 0.6) is 0 Å². The van der Waals surface area contributed by atoms with Gasteiger partial charge in [-0.2, -0.15) is 0 Å². The van der Waals surface area contributed by atoms with Crippen molar-refractivity contribution in [2.45, 2.75) is 30.5 Å². The molecule has 0 amide bonds. The van der Waals surface area contributed by atoms with Gasteiger partial charge in [0.2, 0.25) is 0 Å². The third kappa shape index (κ3) is 3.29. The maximum Gasteiger partial charge on any atom is 0.336 e. The van der Waals surface area contributed by atoms with Crippen LogP contribution in [0.4, 0.5) is 0 Å². The summed E-state index contributed by atoms with van der Waals surface area (Å²) in [6.07, 6.45) is 0. The standard InChI is InChI=1S/C9H13NO4S2/c1-9(2,3)10-16(13,14)7-4-6(5-15-7)8(11)12/h4-5,10H,1-3H3,(H,11,12). The Morgan fingerprint density at radius 1 is 1.44 bits per heavy atom. The Morgan fingerprint density at radius 3 is 2.38 bits per heavy atom. The van der Waals surface area contributed by atoms with Crippen LogP contribution < -0.4 is 4.72 Å². The van der Waals surface area contributed by atoms with E-state index in [0.717, 1.165) is 17.4 Å². The Balaban J connectivity index is 3.04. The maximum absolute atomic E-state index is 11.8. The Hall–Kier alpha value is -0.920. The monoisotopic (exact) mass is 263 g/mol. The van der Waals surface area contributed by atoms with E-state index in [0.29, 0.717) is 0 Å². The molecule has 0 saturated carbocycles. The highest BCUT2D eigenvalue weighted by molar-refractivity contribution is 7.91. The van der Waals surface area contributed by atoms with Gasteiger partial charge in [0.25, 0.3) is 10.0 Å². The van der Waals surface area contributed by atoms with E-state index in [1.165, 1.54) is 5.38 Å². The molecule has 0 saturated heterocycles. The van der Waals surface area contributed by atoms with Gasteiger partial charge in [-0.05, 0) is 26.8 Å². The number of rotatable bonds is 3. The van der Waals surface area contributed by atoms with Crippen LogP contribution in [0.3, 0.4) is 0 Å². The van der Waals surface area contributed by atoms with Gasteiger partial charge in [-0.15, -0.1) is 11.3 Å². The van der Waals surface area contributed by atoms with E-state index in [4.69, 9.17) is 5.11 Å². The molecule has 0 aliphatic rings. The summed E-state index contributed by atoms with van der Waals surface area (Å²) in [5.74, 6) is -1.13. The van der Waals surface area contributed by atoms with Crippen molar-refractivity contribution in [3.8, 4) is 0 Å². The fraction of sp³-hybridized carbons (Fsp3) is 0.444. The number of thiophene rings is 1. The van der Waals surface area contributed by atoms with E-state index < -0.39 is 21.5 Å². The number of sulfonamides is 1. The molecule has 0 aliphatic carbocycles. The van der Waals surface area contributed by atoms with Crippen LogP contribution in [-0.4, -0.2) is 25.0 Å². The van der Waals surface area contributed by atoms with Gasteiger partial charge in [0.05, 0.1) is 5.56 Å². The van der Waals surface area contributed by atoms with Crippen LogP contribution in [0, 0.1) is 0 Å². The Bertz CT molecular complexity index is 496. The first-order valence-electron chi connectivity index (χ1n) is 4.48. The highest BCUT2D eigenvalue weighted by atomic mass is 32.2. The van der Waals surface area contributed by atoms with Gasteiger partial charge in [-0.3, -0.25) is 0 Å². The molecule has 16 heavy (non-hydrogen) atoms. The van der Waals surface area contributed by atoms with E-state index in [2.05, 4.69) is 4.72 Å². The van der Waals surface area contributed by atoms with Gasteiger partial charge in [-0.1, -0.05) is 0 Å². The molecule has 0 radical (unpaired) electrons. The summed E-state index contributed by atoms with van der Waals surface area (Å²) in [6, 6.07) is 1.15. The van der Waals surface area contributed by atoms with Crippen LogP contribution >= 0.6 is 11.3 Å². The minimum atomic E-state index is -3.63. The van der Waals surface area contributed by atoms with Gasteiger partial charge in [0.1, 0.15) is 4.21 Å². The quantitative estimate of drug-likeness (QED) is 0.866. The van der Waals surface area contributed by atoms with Crippen LogP contribution in [0.15, 0.2) is 15.7 Å². The predicted octanol–water partition coefficient (Wildman–Crippen LogP) is 1.52. The molecule has 1 rings (SSSR count). The second-order valence-corrected chi connectivity index (χ2v) is 7.14. The van der Waals surface area contributed by atoms with Crippen molar-refractivity contribution in [3.63, 3.8) is 0 Å². The molecule has 0 aliphatic heterocycles. The summed E-state index contributed by atoms with van der Waals surface area (Å²) in [4.78, 5) is 10.6. The Labute approximate surface area is 98.2 Å². The summed E-state index contributed by atoms with van der Waals surface area (Å²) in [5, 5.41) is 9.99. The van der Waals surface area contributed by atoms with Crippen molar-refractivity contribution in [2.75, 3.05) is 0 Å². The van der Waals surface area contributed by atoms with Crippen LogP contribution in [0.1, 0.15) is 31.1 Å². The summed E-state index contributed by atoms with van der Waals surface area (Å²) >= 11 is 0.894. The summed E-state index contributed by atoms with van der Waals surface area (Å²) < 4.78 is 26.0. The first-order chi connectivity index (χ1) is 7.12. The number of hydrogen-bond acceptors (Lipinski definition) is 4. The molecule has 7 heteroatoms. The van der Waals surface area contributed by atoms with E-state index in [9.17, 15) is 13.2 Å². The van der Waals surface area contributed by atoms with Crippen molar-refractivity contribution in [1.29, 1.82) is 0 Å². The lowest BCUT2D eigenvalue weighted by molar-refractivity contribution is 0.0697. The maximum atomic E-state index is 11.8. The first kappa shape index (κ1) is 13.1. The zero-order valence-corrected chi connectivity index (χ0v) is 10.8. The van der Waals surface area contributed by atoms with E-state index >= 15 is 0 Å². The first-order valence-corrected chi connectivity index (χ1v) is 6.84. The van der Waals surface area contributed by atoms with Gasteiger partial charge in [-0.25, -0.2) is 17.9 Å². The molecule has 0 unspecified atom stereocenters. The SMILES string of the molecule is CC(C)(C)NS(=O)(=O)c1cc(C(=O)O)cs1. The fourth-order valence-corrected chi connectivity index (χ4v) is 3.59. The van der Waals surface area contributed by atoms with Crippen LogP contribution in [0.2, 0.25) is 0 Å². The molecule has 90 valence electrons. The molecule has 0 atom stereocenters. The average molecular weight is 263 g/mol. The molecular formula is C9H13NO4S2. The van der Waals surface area contributed by atoms with Crippen molar-refractivity contribution in [1.82, 2.24) is 4.72 Å². The number of carboxylic acids is 1. The Kier molecular flexibility index (Phi) is 3.41. The van der Waals surface area contributed by atoms with Crippen molar-refractivity contribution in [2.24, 2.45) is 0 Å². The third-order valence-electron chi connectivity index (χ3n) is 1.53. The molecule has 5 nitrogen and oxygen atoms in total. The topological polar surface area (TPSA) is 83.5 Å². The molecule has 1 heterocycles. The summed E-state index contributed by atoms with van der Waals surface area (Å²) in [6.45, 7) is 5.16. The molecule has 0 bridgehead atoms. The number of carbonyl (C=O) groups is 1. The van der Waals surface area contributed by atoms with Gasteiger partial charge < -0.3 is 5.11 Å². The van der Waals surface area contributed by atoms with Gasteiger partial charge in [0, 0.05) is 10.9 Å². The van der Waals surface area contributed by atoms with Gasteiger partial charge >= 0.3 is 5.97 Å². The lowest BCUT2D eigenvalue weighted by Crippen LogP contribution is -2.40. The van der Waals surface area contributed by atoms with Crippen molar-refractivity contribution in [3.05, 3.63) is 17.0 Å². The number of aromatic carboxylic acids is 1. The lowest BCUT2D eigenvalue weighted by Gasteiger charge is -2.19. The second kappa shape index (κ2) is 4.15. The molecule has 0 fully saturated rings. The highest BCUT2D eigenvalue weighted by Crippen LogP contribution is 2.21. The molecule has 1 aromatic rings. The Morgan fingerprint density at radius 2 is 2.00 bits per heavy atom. The fourth-order valence-electron chi connectivity index (χ4n) is 1.02. The van der Waals surface area contributed by atoms with E-state index in [1.807, 2.05) is 0 Å². The summed E-state index contributed by atoms with van der Waals surface area (Å²) in [5.41, 5.74) is -0.606. The lowest BCUT2D eigenvalue weighted by atomic mass is 10.1. The molecular weight excluding hydrogens is 250 g/mol. The van der Waals surface area contributed by atoms with Crippen LogP contribution in [0.25, 0.3) is 0 Å². The van der Waals surface area contributed by atoms with Gasteiger partial charge in [0.15, 0.2) is 0 Å². The number of nitrogens with one attached hydrogen (secondary N) is 1. The molecule has 0 spiro atoms. The zero-order chi connectivity index (χ0) is 12.6.